The van der Waals surface area contributed by atoms with Gasteiger partial charge in [-0.2, -0.15) is 5.10 Å². The number of hydrogen-bond acceptors (Lipinski definition) is 2. The Balaban J connectivity index is 2.21. The maximum atomic E-state index is 12.4. The molecule has 0 aliphatic carbocycles. The second-order valence-electron chi connectivity index (χ2n) is 5.83. The molecule has 0 radical (unpaired) electrons. The minimum atomic E-state index is -0.00111. The van der Waals surface area contributed by atoms with Crippen LogP contribution in [-0.2, 0) is 11.2 Å². The van der Waals surface area contributed by atoms with Crippen LogP contribution in [-0.4, -0.2) is 16.1 Å². The quantitative estimate of drug-likeness (QED) is 0.901. The molecular weight excluding hydrogens is 262 g/mol. The highest BCUT2D eigenvalue weighted by atomic mass is 16.1. The van der Waals surface area contributed by atoms with Crippen molar-refractivity contribution in [3.8, 4) is 0 Å². The van der Waals surface area contributed by atoms with E-state index in [0.29, 0.717) is 12.3 Å². The number of nitrogens with one attached hydrogen (secondary N) is 2. The third-order valence-electron chi connectivity index (χ3n) is 3.81. The summed E-state index contributed by atoms with van der Waals surface area (Å²) < 4.78 is 0. The van der Waals surface area contributed by atoms with E-state index >= 15 is 0 Å². The van der Waals surface area contributed by atoms with Gasteiger partial charge in [-0.1, -0.05) is 32.0 Å². The predicted octanol–water partition coefficient (Wildman–Crippen LogP) is 3.64. The zero-order chi connectivity index (χ0) is 15.6. The van der Waals surface area contributed by atoms with Gasteiger partial charge in [0.15, 0.2) is 0 Å². The number of anilines is 1. The van der Waals surface area contributed by atoms with Crippen molar-refractivity contribution in [3.63, 3.8) is 0 Å². The Morgan fingerprint density at radius 1 is 1.29 bits per heavy atom. The van der Waals surface area contributed by atoms with E-state index in [9.17, 15) is 4.79 Å². The first kappa shape index (κ1) is 15.3. The van der Waals surface area contributed by atoms with Crippen molar-refractivity contribution in [3.05, 3.63) is 46.3 Å². The molecule has 112 valence electrons. The molecule has 0 saturated carbocycles. The number of aromatic nitrogens is 2. The largest absolute Gasteiger partial charge is 0.325 e. The Kier molecular flexibility index (Phi) is 4.46. The zero-order valence-corrected chi connectivity index (χ0v) is 13.4. The Labute approximate surface area is 126 Å². The lowest BCUT2D eigenvalue weighted by Crippen LogP contribution is -2.17. The Bertz CT molecular complexity index is 637. The van der Waals surface area contributed by atoms with E-state index in [-0.39, 0.29) is 5.91 Å². The Morgan fingerprint density at radius 3 is 2.57 bits per heavy atom. The van der Waals surface area contributed by atoms with Gasteiger partial charge in [0.2, 0.25) is 5.91 Å². The van der Waals surface area contributed by atoms with Crippen molar-refractivity contribution in [2.24, 2.45) is 0 Å². The van der Waals surface area contributed by atoms with Crippen LogP contribution in [0.4, 0.5) is 5.69 Å². The normalized spacial score (nSPS) is 11.0. The maximum Gasteiger partial charge on any atom is 0.228 e. The summed E-state index contributed by atoms with van der Waals surface area (Å²) >= 11 is 0. The van der Waals surface area contributed by atoms with E-state index in [1.807, 2.05) is 32.9 Å². The molecule has 4 nitrogen and oxygen atoms in total. The van der Waals surface area contributed by atoms with Crippen molar-refractivity contribution < 1.29 is 4.79 Å². The fourth-order valence-electron chi connectivity index (χ4n) is 2.52. The smallest absolute Gasteiger partial charge is 0.228 e. The molecule has 1 heterocycles. The summed E-state index contributed by atoms with van der Waals surface area (Å²) in [4.78, 5) is 12.4. The number of amides is 1. The highest BCUT2D eigenvalue weighted by molar-refractivity contribution is 5.94. The molecule has 0 unspecified atom stereocenters. The zero-order valence-electron chi connectivity index (χ0n) is 13.4. The molecule has 1 aromatic carbocycles. The minimum Gasteiger partial charge on any atom is -0.325 e. The fraction of sp³-hybridized carbons (Fsp3) is 0.412. The molecule has 2 aromatic rings. The van der Waals surface area contributed by atoms with Gasteiger partial charge in [-0.3, -0.25) is 9.89 Å². The van der Waals surface area contributed by atoms with Gasteiger partial charge in [0.1, 0.15) is 0 Å². The van der Waals surface area contributed by atoms with Crippen molar-refractivity contribution in [2.75, 3.05) is 5.32 Å². The van der Waals surface area contributed by atoms with Crippen LogP contribution in [0, 0.1) is 20.8 Å². The minimum absolute atomic E-state index is 0.00111. The first-order valence-electron chi connectivity index (χ1n) is 7.30. The van der Waals surface area contributed by atoms with Crippen LogP contribution in [0.1, 0.15) is 47.8 Å². The number of nitrogens with zero attached hydrogens (tertiary/aromatic N) is 1. The van der Waals surface area contributed by atoms with Crippen LogP contribution >= 0.6 is 0 Å². The molecule has 0 aliphatic heterocycles. The molecular formula is C17H23N3O. The number of aromatic amines is 1. The molecule has 0 atom stereocenters. The van der Waals surface area contributed by atoms with Crippen molar-refractivity contribution in [1.82, 2.24) is 10.2 Å². The fourth-order valence-corrected chi connectivity index (χ4v) is 2.52. The highest BCUT2D eigenvalue weighted by Gasteiger charge is 2.15. The van der Waals surface area contributed by atoms with Gasteiger partial charge in [0, 0.05) is 16.9 Å². The van der Waals surface area contributed by atoms with E-state index in [4.69, 9.17) is 0 Å². The number of hydrogen-bond donors (Lipinski definition) is 2. The summed E-state index contributed by atoms with van der Waals surface area (Å²) in [6.07, 6.45) is 0.347. The third kappa shape index (κ3) is 3.32. The van der Waals surface area contributed by atoms with Crippen molar-refractivity contribution in [1.29, 1.82) is 0 Å². The molecule has 4 heteroatoms. The molecule has 0 fully saturated rings. The van der Waals surface area contributed by atoms with Gasteiger partial charge in [0.25, 0.3) is 0 Å². The SMILES string of the molecule is Cc1cccc(C(C)C)c1NC(=O)Cc1c(C)n[nH]c1C. The second kappa shape index (κ2) is 6.12. The molecule has 1 aromatic heterocycles. The standard InChI is InChI=1S/C17H23N3O/c1-10(2)14-8-6-7-11(3)17(14)18-16(21)9-15-12(4)19-20-13(15)5/h6-8,10H,9H2,1-5H3,(H,18,21)(H,19,20). The average molecular weight is 285 g/mol. The average Bonchev–Trinajstić information content (AvgIpc) is 2.72. The van der Waals surface area contributed by atoms with Crippen LogP contribution in [0.2, 0.25) is 0 Å². The number of carbonyl (C=O) groups is 1. The Hall–Kier alpha value is -2.10. The monoisotopic (exact) mass is 285 g/mol. The van der Waals surface area contributed by atoms with Gasteiger partial charge in [-0.15, -0.1) is 0 Å². The van der Waals surface area contributed by atoms with Gasteiger partial charge < -0.3 is 5.32 Å². The second-order valence-corrected chi connectivity index (χ2v) is 5.83. The van der Waals surface area contributed by atoms with Crippen LogP contribution < -0.4 is 5.32 Å². The first-order valence-corrected chi connectivity index (χ1v) is 7.30. The highest BCUT2D eigenvalue weighted by Crippen LogP contribution is 2.27. The summed E-state index contributed by atoms with van der Waals surface area (Å²) in [6.45, 7) is 10.1. The van der Waals surface area contributed by atoms with Gasteiger partial charge in [0.05, 0.1) is 12.1 Å². The summed E-state index contributed by atoms with van der Waals surface area (Å²) in [5.41, 5.74) is 6.02. The number of carbonyl (C=O) groups excluding carboxylic acids is 1. The number of H-pyrrole nitrogens is 1. The molecule has 0 bridgehead atoms. The lowest BCUT2D eigenvalue weighted by molar-refractivity contribution is -0.115. The predicted molar refractivity (Wildman–Crippen MR) is 85.7 cm³/mol. The van der Waals surface area contributed by atoms with Gasteiger partial charge >= 0.3 is 0 Å². The van der Waals surface area contributed by atoms with Crippen LogP contribution in [0.5, 0.6) is 0 Å². The first-order chi connectivity index (χ1) is 9.90. The van der Waals surface area contributed by atoms with Crippen LogP contribution in [0.25, 0.3) is 0 Å². The van der Waals surface area contributed by atoms with E-state index in [2.05, 4.69) is 35.4 Å². The number of rotatable bonds is 4. The number of para-hydroxylation sites is 1. The molecule has 1 amide bonds. The summed E-state index contributed by atoms with van der Waals surface area (Å²) in [5.74, 6) is 0.372. The van der Waals surface area contributed by atoms with Crippen molar-refractivity contribution in [2.45, 2.75) is 47.0 Å². The maximum absolute atomic E-state index is 12.4. The Morgan fingerprint density at radius 2 is 2.00 bits per heavy atom. The molecule has 0 aliphatic rings. The molecule has 0 spiro atoms. The lowest BCUT2D eigenvalue weighted by Gasteiger charge is -2.16. The summed E-state index contributed by atoms with van der Waals surface area (Å²) in [7, 11) is 0. The van der Waals surface area contributed by atoms with E-state index in [0.717, 1.165) is 28.2 Å². The van der Waals surface area contributed by atoms with E-state index < -0.39 is 0 Å². The van der Waals surface area contributed by atoms with Gasteiger partial charge in [-0.05, 0) is 37.8 Å². The van der Waals surface area contributed by atoms with Crippen LogP contribution in [0.3, 0.4) is 0 Å². The summed E-state index contributed by atoms with van der Waals surface area (Å²) in [5, 5.41) is 10.1. The lowest BCUT2D eigenvalue weighted by atomic mass is 9.98. The summed E-state index contributed by atoms with van der Waals surface area (Å²) in [6, 6.07) is 6.13. The van der Waals surface area contributed by atoms with Gasteiger partial charge in [-0.25, -0.2) is 0 Å². The van der Waals surface area contributed by atoms with Crippen LogP contribution in [0.15, 0.2) is 18.2 Å². The molecule has 2 N–H and O–H groups in total. The van der Waals surface area contributed by atoms with E-state index in [1.165, 1.54) is 5.56 Å². The topological polar surface area (TPSA) is 57.8 Å². The number of aryl methyl sites for hydroxylation is 3. The molecule has 21 heavy (non-hydrogen) atoms. The number of benzene rings is 1. The third-order valence-corrected chi connectivity index (χ3v) is 3.81. The van der Waals surface area contributed by atoms with Crippen molar-refractivity contribution >= 4 is 11.6 Å². The molecule has 0 saturated heterocycles. The van der Waals surface area contributed by atoms with E-state index in [1.54, 1.807) is 0 Å². The molecule has 2 rings (SSSR count).